The fourth-order valence-corrected chi connectivity index (χ4v) is 2.05. The van der Waals surface area contributed by atoms with Gasteiger partial charge in [-0.2, -0.15) is 0 Å². The van der Waals surface area contributed by atoms with Gasteiger partial charge in [-0.15, -0.1) is 0 Å². The summed E-state index contributed by atoms with van der Waals surface area (Å²) in [5.41, 5.74) is 0.708. The first-order chi connectivity index (χ1) is 6.83. The van der Waals surface area contributed by atoms with E-state index >= 15 is 0 Å². The third-order valence-electron chi connectivity index (χ3n) is 3.14. The molecular weight excluding hydrogens is 172 g/mol. The van der Waals surface area contributed by atoms with Crippen molar-refractivity contribution in [3.63, 3.8) is 0 Å². The third-order valence-corrected chi connectivity index (χ3v) is 3.14. The maximum atomic E-state index is 3.57. The van der Waals surface area contributed by atoms with Crippen LogP contribution >= 0.6 is 0 Å². The molecule has 0 aromatic carbocycles. The first kappa shape index (κ1) is 12.0. The zero-order valence-electron chi connectivity index (χ0n) is 9.86. The Morgan fingerprint density at radius 3 is 2.21 bits per heavy atom. The fraction of sp³-hybridized carbons (Fsp3) is 1.00. The topological polar surface area (TPSA) is 24.1 Å². The van der Waals surface area contributed by atoms with Crippen LogP contribution in [-0.4, -0.2) is 26.2 Å². The van der Waals surface area contributed by atoms with Crippen molar-refractivity contribution >= 4 is 0 Å². The van der Waals surface area contributed by atoms with Crippen molar-refractivity contribution in [2.45, 2.75) is 46.0 Å². The van der Waals surface area contributed by atoms with Crippen LogP contribution in [0.2, 0.25) is 0 Å². The minimum atomic E-state index is 0.708. The molecule has 1 aliphatic rings. The molecule has 0 radical (unpaired) electrons. The second-order valence-electron chi connectivity index (χ2n) is 4.68. The van der Waals surface area contributed by atoms with E-state index in [1.165, 1.54) is 38.6 Å². The molecule has 0 amide bonds. The first-order valence-corrected chi connectivity index (χ1v) is 6.24. The Morgan fingerprint density at radius 2 is 1.64 bits per heavy atom. The van der Waals surface area contributed by atoms with E-state index in [4.69, 9.17) is 0 Å². The van der Waals surface area contributed by atoms with E-state index in [0.29, 0.717) is 5.41 Å². The van der Waals surface area contributed by atoms with Gasteiger partial charge in [0.05, 0.1) is 0 Å². The van der Waals surface area contributed by atoms with Crippen LogP contribution in [0.1, 0.15) is 46.0 Å². The molecule has 1 fully saturated rings. The summed E-state index contributed by atoms with van der Waals surface area (Å²) in [6.07, 6.45) is 6.91. The molecule has 0 aliphatic heterocycles. The Labute approximate surface area is 88.8 Å². The molecule has 0 saturated heterocycles. The van der Waals surface area contributed by atoms with Crippen molar-refractivity contribution in [3.05, 3.63) is 0 Å². The molecule has 0 bridgehead atoms. The third kappa shape index (κ3) is 4.43. The lowest BCUT2D eigenvalue weighted by Crippen LogP contribution is -2.31. The van der Waals surface area contributed by atoms with Crippen LogP contribution in [-0.2, 0) is 0 Å². The highest BCUT2D eigenvalue weighted by atomic mass is 14.9. The summed E-state index contributed by atoms with van der Waals surface area (Å²) in [6, 6.07) is 0. The van der Waals surface area contributed by atoms with Gasteiger partial charge in [0.1, 0.15) is 0 Å². The van der Waals surface area contributed by atoms with Gasteiger partial charge in [-0.3, -0.25) is 0 Å². The summed E-state index contributed by atoms with van der Waals surface area (Å²) >= 11 is 0. The van der Waals surface area contributed by atoms with Crippen LogP contribution < -0.4 is 10.6 Å². The Hall–Kier alpha value is -0.0800. The molecule has 0 unspecified atom stereocenters. The van der Waals surface area contributed by atoms with Crippen molar-refractivity contribution in [3.8, 4) is 0 Å². The highest BCUT2D eigenvalue weighted by molar-refractivity contribution is 4.94. The molecule has 2 nitrogen and oxygen atoms in total. The normalized spacial score (nSPS) is 18.4. The average Bonchev–Trinajstić information content (AvgIpc) is 2.93. The molecule has 1 aliphatic carbocycles. The van der Waals surface area contributed by atoms with Gasteiger partial charge in [0.15, 0.2) is 0 Å². The van der Waals surface area contributed by atoms with E-state index in [1.807, 2.05) is 0 Å². The largest absolute Gasteiger partial charge is 0.315 e. The lowest BCUT2D eigenvalue weighted by atomic mass is 10.0. The Morgan fingerprint density at radius 1 is 0.929 bits per heavy atom. The molecular formula is C12H26N2. The zero-order valence-corrected chi connectivity index (χ0v) is 9.86. The predicted molar refractivity (Wildman–Crippen MR) is 62.6 cm³/mol. The summed E-state index contributed by atoms with van der Waals surface area (Å²) in [7, 11) is 0. The van der Waals surface area contributed by atoms with E-state index in [2.05, 4.69) is 24.5 Å². The quantitative estimate of drug-likeness (QED) is 0.555. The predicted octanol–water partition coefficient (Wildman–Crippen LogP) is 2.16. The molecule has 1 rings (SSSR count). The van der Waals surface area contributed by atoms with Gasteiger partial charge >= 0.3 is 0 Å². The van der Waals surface area contributed by atoms with E-state index in [1.54, 1.807) is 0 Å². The van der Waals surface area contributed by atoms with Crippen LogP contribution in [0.4, 0.5) is 0 Å². The highest BCUT2D eigenvalue weighted by Crippen LogP contribution is 2.48. The van der Waals surface area contributed by atoms with Gasteiger partial charge in [0.2, 0.25) is 0 Å². The zero-order chi connectivity index (χ0) is 10.3. The Bertz CT molecular complexity index is 141. The van der Waals surface area contributed by atoms with Gasteiger partial charge in [-0.1, -0.05) is 20.3 Å². The molecule has 0 aromatic heterocycles. The summed E-state index contributed by atoms with van der Waals surface area (Å²) < 4.78 is 0. The molecule has 0 heterocycles. The standard InChI is InChI=1S/C12H26N2/c1-3-5-12(6-7-12)11-14-10-9-13-8-4-2/h13-14H,3-11H2,1-2H3. The minimum Gasteiger partial charge on any atom is -0.315 e. The van der Waals surface area contributed by atoms with Crippen LogP contribution in [0.3, 0.4) is 0 Å². The van der Waals surface area contributed by atoms with Crippen LogP contribution in [0.15, 0.2) is 0 Å². The van der Waals surface area contributed by atoms with Crippen molar-refractivity contribution in [1.82, 2.24) is 10.6 Å². The van der Waals surface area contributed by atoms with E-state index < -0.39 is 0 Å². The monoisotopic (exact) mass is 198 g/mol. The smallest absolute Gasteiger partial charge is 0.00769 e. The molecule has 2 N–H and O–H groups in total. The van der Waals surface area contributed by atoms with Gasteiger partial charge < -0.3 is 10.6 Å². The minimum absolute atomic E-state index is 0.708. The number of rotatable bonds is 9. The van der Waals surface area contributed by atoms with Crippen molar-refractivity contribution in [2.75, 3.05) is 26.2 Å². The van der Waals surface area contributed by atoms with Crippen LogP contribution in [0.5, 0.6) is 0 Å². The lowest BCUT2D eigenvalue weighted by molar-refractivity contribution is 0.420. The number of hydrogen-bond donors (Lipinski definition) is 2. The van der Waals surface area contributed by atoms with Crippen LogP contribution in [0.25, 0.3) is 0 Å². The van der Waals surface area contributed by atoms with E-state index in [-0.39, 0.29) is 0 Å². The Balaban J connectivity index is 1.88. The highest BCUT2D eigenvalue weighted by Gasteiger charge is 2.40. The van der Waals surface area contributed by atoms with Crippen LogP contribution in [0, 0.1) is 5.41 Å². The molecule has 0 aromatic rings. The lowest BCUT2D eigenvalue weighted by Gasteiger charge is -2.14. The SMILES string of the molecule is CCCNCCNCC1(CCC)CC1. The van der Waals surface area contributed by atoms with Crippen molar-refractivity contribution < 1.29 is 0 Å². The first-order valence-electron chi connectivity index (χ1n) is 6.24. The van der Waals surface area contributed by atoms with Gasteiger partial charge in [-0.25, -0.2) is 0 Å². The molecule has 0 atom stereocenters. The van der Waals surface area contributed by atoms with Crippen molar-refractivity contribution in [2.24, 2.45) is 5.41 Å². The van der Waals surface area contributed by atoms with Gasteiger partial charge in [0.25, 0.3) is 0 Å². The summed E-state index contributed by atoms with van der Waals surface area (Å²) in [5.74, 6) is 0. The molecule has 2 heteroatoms. The molecule has 84 valence electrons. The average molecular weight is 198 g/mol. The molecule has 1 saturated carbocycles. The fourth-order valence-electron chi connectivity index (χ4n) is 2.05. The van der Waals surface area contributed by atoms with Gasteiger partial charge in [0, 0.05) is 19.6 Å². The summed E-state index contributed by atoms with van der Waals surface area (Å²) in [4.78, 5) is 0. The number of hydrogen-bond acceptors (Lipinski definition) is 2. The van der Waals surface area contributed by atoms with Crippen molar-refractivity contribution in [1.29, 1.82) is 0 Å². The summed E-state index contributed by atoms with van der Waals surface area (Å²) in [5, 5.41) is 6.98. The van der Waals surface area contributed by atoms with E-state index in [0.717, 1.165) is 19.6 Å². The van der Waals surface area contributed by atoms with Gasteiger partial charge in [-0.05, 0) is 37.6 Å². The molecule has 0 spiro atoms. The molecule has 14 heavy (non-hydrogen) atoms. The Kier molecular flexibility index (Phi) is 5.49. The second-order valence-corrected chi connectivity index (χ2v) is 4.68. The summed E-state index contributed by atoms with van der Waals surface area (Å²) in [6.45, 7) is 9.15. The van der Waals surface area contributed by atoms with E-state index in [9.17, 15) is 0 Å². The maximum Gasteiger partial charge on any atom is 0.00769 e. The number of nitrogens with one attached hydrogen (secondary N) is 2. The maximum absolute atomic E-state index is 3.57. The second kappa shape index (κ2) is 6.41.